The van der Waals surface area contributed by atoms with Gasteiger partial charge >= 0.3 is 0 Å². The van der Waals surface area contributed by atoms with E-state index in [1.807, 2.05) is 0 Å². The molecule has 1 aliphatic rings. The SMILES string of the molecule is CC(=O)c1ccc(NC(=O)[C@H]2CC(=O)Nc3nc(Nc4ccc(Cl)cc4Cl)[nH]c(=O)c32)cc1. The first-order chi connectivity index (χ1) is 15.7. The highest BCUT2D eigenvalue weighted by Gasteiger charge is 2.34. The fourth-order valence-electron chi connectivity index (χ4n) is 3.39. The molecule has 0 saturated carbocycles. The van der Waals surface area contributed by atoms with Crippen LogP contribution in [0.1, 0.15) is 35.2 Å². The molecule has 168 valence electrons. The number of H-pyrrole nitrogens is 1. The van der Waals surface area contributed by atoms with Crippen molar-refractivity contribution < 1.29 is 14.4 Å². The number of aromatic nitrogens is 2. The van der Waals surface area contributed by atoms with E-state index in [1.54, 1.807) is 36.4 Å². The van der Waals surface area contributed by atoms with Crippen LogP contribution < -0.4 is 21.5 Å². The van der Waals surface area contributed by atoms with Gasteiger partial charge in [-0.25, -0.2) is 0 Å². The van der Waals surface area contributed by atoms with Crippen molar-refractivity contribution in [2.75, 3.05) is 16.0 Å². The van der Waals surface area contributed by atoms with Gasteiger partial charge in [0.1, 0.15) is 5.82 Å². The van der Waals surface area contributed by atoms with Crippen LogP contribution >= 0.6 is 23.2 Å². The first-order valence-corrected chi connectivity index (χ1v) is 10.5. The minimum Gasteiger partial charge on any atom is -0.326 e. The molecule has 1 aromatic heterocycles. The highest BCUT2D eigenvalue weighted by molar-refractivity contribution is 6.36. The molecule has 0 aliphatic carbocycles. The number of carbonyl (C=O) groups excluding carboxylic acids is 3. The van der Waals surface area contributed by atoms with E-state index in [0.29, 0.717) is 27.0 Å². The molecule has 1 aliphatic heterocycles. The Balaban J connectivity index is 1.61. The molecule has 2 amide bonds. The molecule has 4 rings (SSSR count). The minimum absolute atomic E-state index is 0.0188. The summed E-state index contributed by atoms with van der Waals surface area (Å²) in [7, 11) is 0. The zero-order valence-electron chi connectivity index (χ0n) is 17.2. The summed E-state index contributed by atoms with van der Waals surface area (Å²) in [6, 6.07) is 11.0. The predicted molar refractivity (Wildman–Crippen MR) is 126 cm³/mol. The van der Waals surface area contributed by atoms with Gasteiger partial charge in [-0.1, -0.05) is 23.2 Å². The van der Waals surface area contributed by atoms with Crippen LogP contribution in [0, 0.1) is 0 Å². The highest BCUT2D eigenvalue weighted by Crippen LogP contribution is 2.31. The molecule has 0 bridgehead atoms. The molecule has 33 heavy (non-hydrogen) atoms. The van der Waals surface area contributed by atoms with Gasteiger partial charge in [-0.05, 0) is 49.4 Å². The number of ketones is 1. The van der Waals surface area contributed by atoms with Crippen LogP contribution in [0.15, 0.2) is 47.3 Å². The molecule has 9 nitrogen and oxygen atoms in total. The van der Waals surface area contributed by atoms with Crippen LogP contribution in [0.3, 0.4) is 0 Å². The second-order valence-electron chi connectivity index (χ2n) is 7.35. The summed E-state index contributed by atoms with van der Waals surface area (Å²) < 4.78 is 0. The summed E-state index contributed by atoms with van der Waals surface area (Å²) in [6.07, 6.45) is -0.217. The fraction of sp³-hybridized carbons (Fsp3) is 0.136. The Morgan fingerprint density at radius 2 is 1.82 bits per heavy atom. The minimum atomic E-state index is -1.05. The van der Waals surface area contributed by atoms with Crippen molar-refractivity contribution in [3.63, 3.8) is 0 Å². The fourth-order valence-corrected chi connectivity index (χ4v) is 3.85. The molecule has 0 saturated heterocycles. The van der Waals surface area contributed by atoms with E-state index in [0.717, 1.165) is 0 Å². The number of nitrogens with one attached hydrogen (secondary N) is 4. The first kappa shape index (κ1) is 22.5. The third-order valence-corrected chi connectivity index (χ3v) is 5.56. The van der Waals surface area contributed by atoms with Crippen molar-refractivity contribution >= 4 is 63.9 Å². The molecule has 0 spiro atoms. The predicted octanol–water partition coefficient (Wildman–Crippen LogP) is 4.09. The summed E-state index contributed by atoms with van der Waals surface area (Å²) in [5.41, 5.74) is 0.823. The van der Waals surface area contributed by atoms with Gasteiger partial charge in [0.05, 0.1) is 22.2 Å². The second kappa shape index (κ2) is 9.05. The molecular weight excluding hydrogens is 469 g/mol. The summed E-state index contributed by atoms with van der Waals surface area (Å²) >= 11 is 12.0. The molecule has 3 aromatic rings. The molecule has 11 heteroatoms. The number of rotatable bonds is 5. The summed E-state index contributed by atoms with van der Waals surface area (Å²) in [5, 5.41) is 8.83. The molecule has 2 aromatic carbocycles. The molecule has 2 heterocycles. The average molecular weight is 486 g/mol. The molecule has 0 unspecified atom stereocenters. The van der Waals surface area contributed by atoms with Gasteiger partial charge in [-0.3, -0.25) is 24.2 Å². The van der Waals surface area contributed by atoms with E-state index in [4.69, 9.17) is 23.2 Å². The monoisotopic (exact) mass is 485 g/mol. The van der Waals surface area contributed by atoms with Gasteiger partial charge in [0, 0.05) is 22.7 Å². The zero-order valence-corrected chi connectivity index (χ0v) is 18.7. The molecular formula is C22H17Cl2N5O4. The quantitative estimate of drug-likeness (QED) is 0.402. The Labute approximate surface area is 197 Å². The number of nitrogens with zero attached hydrogens (tertiary/aromatic N) is 1. The van der Waals surface area contributed by atoms with Crippen LogP contribution in [0.2, 0.25) is 10.0 Å². The van der Waals surface area contributed by atoms with Gasteiger partial charge in [-0.15, -0.1) is 0 Å². The number of hydrogen-bond donors (Lipinski definition) is 4. The number of benzene rings is 2. The third kappa shape index (κ3) is 4.89. The second-order valence-corrected chi connectivity index (χ2v) is 8.20. The van der Waals surface area contributed by atoms with E-state index >= 15 is 0 Å². The lowest BCUT2D eigenvalue weighted by Gasteiger charge is -2.23. The van der Waals surface area contributed by atoms with Gasteiger partial charge in [0.2, 0.25) is 17.8 Å². The van der Waals surface area contributed by atoms with E-state index < -0.39 is 23.3 Å². The number of carbonyl (C=O) groups is 3. The Bertz CT molecular complexity index is 1340. The maximum absolute atomic E-state index is 12.9. The van der Waals surface area contributed by atoms with Crippen molar-refractivity contribution in [3.8, 4) is 0 Å². The number of anilines is 4. The maximum atomic E-state index is 12.9. The molecule has 4 N–H and O–H groups in total. The van der Waals surface area contributed by atoms with E-state index in [9.17, 15) is 19.2 Å². The topological polar surface area (TPSA) is 133 Å². The summed E-state index contributed by atoms with van der Waals surface area (Å²) in [6.45, 7) is 1.44. The van der Waals surface area contributed by atoms with Gasteiger partial charge < -0.3 is 16.0 Å². The Morgan fingerprint density at radius 1 is 1.09 bits per heavy atom. The van der Waals surface area contributed by atoms with Crippen LogP contribution in [0.4, 0.5) is 23.1 Å². The first-order valence-electron chi connectivity index (χ1n) is 9.79. The molecule has 0 radical (unpaired) electrons. The lowest BCUT2D eigenvalue weighted by Crippen LogP contribution is -2.36. The lowest BCUT2D eigenvalue weighted by molar-refractivity contribution is -0.123. The lowest BCUT2D eigenvalue weighted by atomic mass is 9.92. The van der Waals surface area contributed by atoms with E-state index in [2.05, 4.69) is 25.9 Å². The third-order valence-electron chi connectivity index (χ3n) is 5.01. The zero-order chi connectivity index (χ0) is 23.7. The van der Waals surface area contributed by atoms with Gasteiger partial charge in [0.25, 0.3) is 5.56 Å². The van der Waals surface area contributed by atoms with Crippen molar-refractivity contribution in [2.24, 2.45) is 0 Å². The molecule has 0 fully saturated rings. The van der Waals surface area contributed by atoms with Gasteiger partial charge in [-0.2, -0.15) is 4.98 Å². The number of hydrogen-bond acceptors (Lipinski definition) is 6. The van der Waals surface area contributed by atoms with E-state index in [-0.39, 0.29) is 29.5 Å². The largest absolute Gasteiger partial charge is 0.326 e. The van der Waals surface area contributed by atoms with Crippen LogP contribution in [0.25, 0.3) is 0 Å². The Hall–Kier alpha value is -3.69. The average Bonchev–Trinajstić information content (AvgIpc) is 2.75. The maximum Gasteiger partial charge on any atom is 0.258 e. The van der Waals surface area contributed by atoms with E-state index in [1.165, 1.54) is 13.0 Å². The molecule has 1 atom stereocenters. The Morgan fingerprint density at radius 3 is 2.48 bits per heavy atom. The van der Waals surface area contributed by atoms with Crippen molar-refractivity contribution in [1.82, 2.24) is 9.97 Å². The number of amides is 2. The van der Waals surface area contributed by atoms with Gasteiger partial charge in [0.15, 0.2) is 5.78 Å². The normalized spacial score (nSPS) is 14.8. The Kier molecular flexibility index (Phi) is 6.17. The van der Waals surface area contributed by atoms with Crippen molar-refractivity contribution in [3.05, 3.63) is 74.0 Å². The highest BCUT2D eigenvalue weighted by atomic mass is 35.5. The smallest absolute Gasteiger partial charge is 0.258 e. The van der Waals surface area contributed by atoms with Crippen LogP contribution in [-0.4, -0.2) is 27.6 Å². The summed E-state index contributed by atoms with van der Waals surface area (Å²) in [5.74, 6) is -2.14. The number of aromatic amines is 1. The number of fused-ring (bicyclic) bond motifs is 1. The number of halogens is 2. The van der Waals surface area contributed by atoms with Crippen molar-refractivity contribution in [2.45, 2.75) is 19.3 Å². The van der Waals surface area contributed by atoms with Crippen LogP contribution in [0.5, 0.6) is 0 Å². The standard InChI is InChI=1S/C22H17Cl2N5O4/c1-10(30)11-2-5-13(6-3-11)25-20(32)14-9-17(31)27-19-18(14)21(33)29-22(28-19)26-16-7-4-12(23)8-15(16)24/h2-8,14H,9H2,1H3,(H,25,32)(H3,26,27,28,29,31,33)/t14-/m0/s1. The summed E-state index contributed by atoms with van der Waals surface area (Å²) in [4.78, 5) is 56.2. The van der Waals surface area contributed by atoms with Crippen LogP contribution in [-0.2, 0) is 9.59 Å². The number of Topliss-reactive ketones (excluding diaryl/α,β-unsaturated/α-hetero) is 1. The van der Waals surface area contributed by atoms with Crippen molar-refractivity contribution in [1.29, 1.82) is 0 Å².